The van der Waals surface area contributed by atoms with Crippen LogP contribution in [0.1, 0.15) is 23.2 Å². The molecule has 1 amide bonds. The number of Topliss-reactive ketones (excluding diaryl/α,β-unsaturated/α-hetero) is 1. The number of nitrogens with one attached hydrogen (secondary N) is 1. The molecule has 0 unspecified atom stereocenters. The number of rotatable bonds is 6. The van der Waals surface area contributed by atoms with E-state index in [-0.39, 0.29) is 24.5 Å². The van der Waals surface area contributed by atoms with E-state index in [1.165, 1.54) is 0 Å². The second-order valence-electron chi connectivity index (χ2n) is 6.93. The molecule has 28 heavy (non-hydrogen) atoms. The van der Waals surface area contributed by atoms with Crippen LogP contribution in [0.3, 0.4) is 0 Å². The van der Waals surface area contributed by atoms with Crippen LogP contribution in [0.25, 0.3) is 0 Å². The molecule has 0 spiro atoms. The molecule has 2 aromatic rings. The Hall–Kier alpha value is -1.89. The van der Waals surface area contributed by atoms with Gasteiger partial charge in [-0.05, 0) is 37.4 Å². The highest BCUT2D eigenvalue weighted by atomic mass is 79.9. The predicted octanol–water partition coefficient (Wildman–Crippen LogP) is 4.46. The highest BCUT2D eigenvalue weighted by Crippen LogP contribution is 2.30. The third-order valence-corrected chi connectivity index (χ3v) is 5.59. The molecule has 0 aliphatic carbocycles. The maximum absolute atomic E-state index is 12.5. The van der Waals surface area contributed by atoms with E-state index in [1.54, 1.807) is 18.2 Å². The maximum atomic E-state index is 12.5. The molecule has 148 valence electrons. The topological polar surface area (TPSA) is 52.6 Å². The molecular formula is C21H23BrClN3O2. The summed E-state index contributed by atoms with van der Waals surface area (Å²) < 4.78 is 0.916. The fraction of sp³-hybridized carbons (Fsp3) is 0.333. The van der Waals surface area contributed by atoms with Gasteiger partial charge < -0.3 is 15.1 Å². The summed E-state index contributed by atoms with van der Waals surface area (Å²) in [6.45, 7) is 3.72. The number of ketones is 1. The number of piperazine rings is 1. The zero-order valence-corrected chi connectivity index (χ0v) is 18.1. The summed E-state index contributed by atoms with van der Waals surface area (Å²) in [5, 5.41) is 3.51. The molecule has 0 radical (unpaired) electrons. The summed E-state index contributed by atoms with van der Waals surface area (Å²) in [6, 6.07) is 12.7. The SMILES string of the molecule is CN1CCN(c2ccc(Cl)cc2NC(=O)CCC(=O)c2ccc(Br)cc2)CC1. The average molecular weight is 465 g/mol. The smallest absolute Gasteiger partial charge is 0.224 e. The van der Waals surface area contributed by atoms with Crippen LogP contribution in [0.5, 0.6) is 0 Å². The Balaban J connectivity index is 1.62. The van der Waals surface area contributed by atoms with Gasteiger partial charge in [0.1, 0.15) is 0 Å². The lowest BCUT2D eigenvalue weighted by molar-refractivity contribution is -0.116. The van der Waals surface area contributed by atoms with Crippen molar-refractivity contribution in [1.29, 1.82) is 0 Å². The van der Waals surface area contributed by atoms with E-state index >= 15 is 0 Å². The summed E-state index contributed by atoms with van der Waals surface area (Å²) >= 11 is 9.50. The predicted molar refractivity (Wildman–Crippen MR) is 117 cm³/mol. The van der Waals surface area contributed by atoms with Gasteiger partial charge in [-0.3, -0.25) is 9.59 Å². The second-order valence-corrected chi connectivity index (χ2v) is 8.28. The van der Waals surface area contributed by atoms with Crippen molar-refractivity contribution in [2.45, 2.75) is 12.8 Å². The third kappa shape index (κ3) is 5.56. The Kier molecular flexibility index (Phi) is 7.10. The van der Waals surface area contributed by atoms with Crippen LogP contribution in [-0.4, -0.2) is 49.8 Å². The zero-order chi connectivity index (χ0) is 20.1. The van der Waals surface area contributed by atoms with Crippen molar-refractivity contribution in [3.05, 3.63) is 57.5 Å². The molecule has 0 bridgehead atoms. The number of anilines is 2. The van der Waals surface area contributed by atoms with E-state index in [4.69, 9.17) is 11.6 Å². The Morgan fingerprint density at radius 2 is 1.71 bits per heavy atom. The molecule has 0 aromatic heterocycles. The van der Waals surface area contributed by atoms with Crippen LogP contribution in [0.2, 0.25) is 5.02 Å². The van der Waals surface area contributed by atoms with Crippen molar-refractivity contribution < 1.29 is 9.59 Å². The van der Waals surface area contributed by atoms with Crippen LogP contribution in [-0.2, 0) is 4.79 Å². The fourth-order valence-corrected chi connectivity index (χ4v) is 3.59. The van der Waals surface area contributed by atoms with E-state index in [0.29, 0.717) is 16.3 Å². The number of carbonyl (C=O) groups excluding carboxylic acids is 2. The molecule has 1 N–H and O–H groups in total. The summed E-state index contributed by atoms with van der Waals surface area (Å²) in [5.74, 6) is -0.240. The van der Waals surface area contributed by atoms with Crippen LogP contribution in [0.4, 0.5) is 11.4 Å². The third-order valence-electron chi connectivity index (χ3n) is 4.82. The van der Waals surface area contributed by atoms with Crippen LogP contribution < -0.4 is 10.2 Å². The summed E-state index contributed by atoms with van der Waals surface area (Å²) in [7, 11) is 2.10. The highest BCUT2D eigenvalue weighted by molar-refractivity contribution is 9.10. The number of likely N-dealkylation sites (N-methyl/N-ethyl adjacent to an activating group) is 1. The van der Waals surface area contributed by atoms with Crippen molar-refractivity contribution in [3.8, 4) is 0 Å². The Morgan fingerprint density at radius 1 is 1.04 bits per heavy atom. The zero-order valence-electron chi connectivity index (χ0n) is 15.8. The molecule has 1 fully saturated rings. The first-order valence-corrected chi connectivity index (χ1v) is 10.4. The molecule has 1 aliphatic heterocycles. The molecule has 5 nitrogen and oxygen atoms in total. The van der Waals surface area contributed by atoms with E-state index in [0.717, 1.165) is 36.3 Å². The molecule has 0 atom stereocenters. The first kappa shape index (κ1) is 20.8. The highest BCUT2D eigenvalue weighted by Gasteiger charge is 2.18. The van der Waals surface area contributed by atoms with Crippen LogP contribution in [0.15, 0.2) is 46.9 Å². The molecule has 1 heterocycles. The molecule has 7 heteroatoms. The number of hydrogen-bond donors (Lipinski definition) is 1. The minimum atomic E-state index is -0.192. The number of nitrogens with zero attached hydrogens (tertiary/aromatic N) is 2. The normalized spacial score (nSPS) is 14.8. The van der Waals surface area contributed by atoms with Crippen molar-refractivity contribution in [2.75, 3.05) is 43.4 Å². The van der Waals surface area contributed by atoms with Gasteiger partial charge in [-0.15, -0.1) is 0 Å². The van der Waals surface area contributed by atoms with Gasteiger partial charge in [0.15, 0.2) is 5.78 Å². The number of amides is 1. The van der Waals surface area contributed by atoms with Crippen molar-refractivity contribution >= 4 is 50.6 Å². The summed E-state index contributed by atoms with van der Waals surface area (Å²) in [4.78, 5) is 29.3. The minimum absolute atomic E-state index is 0.0481. The van der Waals surface area contributed by atoms with E-state index < -0.39 is 0 Å². The Bertz CT molecular complexity index is 849. The maximum Gasteiger partial charge on any atom is 0.224 e. The molecule has 3 rings (SSSR count). The number of halogens is 2. The lowest BCUT2D eigenvalue weighted by Gasteiger charge is -2.35. The minimum Gasteiger partial charge on any atom is -0.367 e. The van der Waals surface area contributed by atoms with Gasteiger partial charge in [-0.1, -0.05) is 39.7 Å². The quantitative estimate of drug-likeness (QED) is 0.642. The van der Waals surface area contributed by atoms with E-state index in [1.807, 2.05) is 24.3 Å². The second kappa shape index (κ2) is 9.54. The summed E-state index contributed by atoms with van der Waals surface area (Å²) in [6.07, 6.45) is 0.293. The van der Waals surface area contributed by atoms with E-state index in [2.05, 4.69) is 38.1 Å². The molecule has 1 aliphatic rings. The van der Waals surface area contributed by atoms with Crippen LogP contribution in [0, 0.1) is 0 Å². The Labute approximate surface area is 178 Å². The first-order chi connectivity index (χ1) is 13.4. The summed E-state index contributed by atoms with van der Waals surface area (Å²) in [5.41, 5.74) is 2.26. The van der Waals surface area contributed by atoms with Gasteiger partial charge >= 0.3 is 0 Å². The molecular weight excluding hydrogens is 442 g/mol. The van der Waals surface area contributed by atoms with Gasteiger partial charge in [0.2, 0.25) is 5.91 Å². The molecule has 1 saturated heterocycles. The lowest BCUT2D eigenvalue weighted by atomic mass is 10.1. The van der Waals surface area contributed by atoms with Gasteiger partial charge in [0.05, 0.1) is 11.4 Å². The van der Waals surface area contributed by atoms with E-state index in [9.17, 15) is 9.59 Å². The largest absolute Gasteiger partial charge is 0.367 e. The monoisotopic (exact) mass is 463 g/mol. The molecule has 2 aromatic carbocycles. The number of hydrogen-bond acceptors (Lipinski definition) is 4. The lowest BCUT2D eigenvalue weighted by Crippen LogP contribution is -2.44. The average Bonchev–Trinajstić information content (AvgIpc) is 2.68. The van der Waals surface area contributed by atoms with Gasteiger partial charge in [-0.25, -0.2) is 0 Å². The first-order valence-electron chi connectivity index (χ1n) is 9.24. The molecule has 0 saturated carbocycles. The fourth-order valence-electron chi connectivity index (χ4n) is 3.15. The van der Waals surface area contributed by atoms with Gasteiger partial charge in [0, 0.05) is 54.1 Å². The standard InChI is InChI=1S/C21H23BrClN3O2/c1-25-10-12-26(13-11-25)19-7-6-17(23)14-18(19)24-21(28)9-8-20(27)15-2-4-16(22)5-3-15/h2-7,14H,8-13H2,1H3,(H,24,28). The van der Waals surface area contributed by atoms with Gasteiger partial charge in [0.25, 0.3) is 0 Å². The Morgan fingerprint density at radius 3 is 2.39 bits per heavy atom. The number of carbonyl (C=O) groups is 2. The number of benzene rings is 2. The van der Waals surface area contributed by atoms with Gasteiger partial charge in [-0.2, -0.15) is 0 Å². The van der Waals surface area contributed by atoms with Crippen molar-refractivity contribution in [3.63, 3.8) is 0 Å². The van der Waals surface area contributed by atoms with Crippen molar-refractivity contribution in [2.24, 2.45) is 0 Å². The van der Waals surface area contributed by atoms with Crippen molar-refractivity contribution in [1.82, 2.24) is 4.90 Å². The van der Waals surface area contributed by atoms with Crippen LogP contribution >= 0.6 is 27.5 Å².